The number of ether oxygens (including phenoxy) is 1. The topological polar surface area (TPSA) is 108 Å². The standard InChI is InChI=1S/C21H35N3O5/c1-4-6-11-23-18(27)16-21-9-8-20(3,29-21)14(17(26)22-10-5-2)15(21)19(28)24(16)12-7-13-25/h14-16,25H,4-13H2,1-3H3,(H,22,26)(H,23,27)/t14-,15-,16?,20+,21?/m0/s1. The summed E-state index contributed by atoms with van der Waals surface area (Å²) < 4.78 is 6.46. The van der Waals surface area contributed by atoms with Gasteiger partial charge in [0.2, 0.25) is 17.7 Å². The number of amides is 3. The van der Waals surface area contributed by atoms with Crippen LogP contribution in [0.1, 0.15) is 59.3 Å². The molecule has 0 radical (unpaired) electrons. The lowest BCUT2D eigenvalue weighted by atomic mass is 9.66. The number of aliphatic hydroxyl groups is 1. The average molecular weight is 410 g/mol. The number of carbonyl (C=O) groups is 3. The zero-order valence-electron chi connectivity index (χ0n) is 17.8. The van der Waals surface area contributed by atoms with E-state index in [4.69, 9.17) is 4.74 Å². The molecule has 0 saturated carbocycles. The van der Waals surface area contributed by atoms with Gasteiger partial charge >= 0.3 is 0 Å². The average Bonchev–Trinajstić information content (AvgIpc) is 3.25. The van der Waals surface area contributed by atoms with Crippen LogP contribution in [-0.4, -0.2) is 71.2 Å². The number of likely N-dealkylation sites (tertiary alicyclic amines) is 1. The van der Waals surface area contributed by atoms with Crippen molar-refractivity contribution in [3.05, 3.63) is 0 Å². The van der Waals surface area contributed by atoms with E-state index in [-0.39, 0.29) is 30.9 Å². The molecular formula is C21H35N3O5. The molecule has 3 fully saturated rings. The van der Waals surface area contributed by atoms with Crippen LogP contribution in [0.2, 0.25) is 0 Å². The third kappa shape index (κ3) is 3.54. The molecule has 164 valence electrons. The number of unbranched alkanes of at least 4 members (excludes halogenated alkanes) is 1. The van der Waals surface area contributed by atoms with Gasteiger partial charge in [-0.15, -0.1) is 0 Å². The summed E-state index contributed by atoms with van der Waals surface area (Å²) >= 11 is 0. The summed E-state index contributed by atoms with van der Waals surface area (Å²) in [5, 5.41) is 15.2. The second kappa shape index (κ2) is 8.60. The van der Waals surface area contributed by atoms with Crippen molar-refractivity contribution in [1.29, 1.82) is 0 Å². The Balaban J connectivity index is 1.93. The van der Waals surface area contributed by atoms with Gasteiger partial charge in [-0.3, -0.25) is 14.4 Å². The molecule has 3 aliphatic heterocycles. The van der Waals surface area contributed by atoms with E-state index in [0.717, 1.165) is 19.3 Å². The largest absolute Gasteiger partial charge is 0.396 e. The number of hydrogen-bond donors (Lipinski definition) is 3. The van der Waals surface area contributed by atoms with E-state index in [1.165, 1.54) is 0 Å². The molecular weight excluding hydrogens is 374 g/mol. The number of hydrogen-bond acceptors (Lipinski definition) is 5. The number of rotatable bonds is 10. The summed E-state index contributed by atoms with van der Waals surface area (Å²) in [7, 11) is 0. The quantitative estimate of drug-likeness (QED) is 0.458. The maximum atomic E-state index is 13.5. The highest BCUT2D eigenvalue weighted by Crippen LogP contribution is 2.63. The van der Waals surface area contributed by atoms with Crippen LogP contribution in [0.3, 0.4) is 0 Å². The zero-order chi connectivity index (χ0) is 21.2. The van der Waals surface area contributed by atoms with Gasteiger partial charge in [0.15, 0.2) is 0 Å². The highest BCUT2D eigenvalue weighted by atomic mass is 16.5. The third-order valence-corrected chi connectivity index (χ3v) is 6.74. The monoisotopic (exact) mass is 409 g/mol. The normalized spacial score (nSPS) is 35.1. The molecule has 3 heterocycles. The van der Waals surface area contributed by atoms with Crippen molar-refractivity contribution in [1.82, 2.24) is 15.5 Å². The van der Waals surface area contributed by atoms with Crippen LogP contribution >= 0.6 is 0 Å². The molecule has 3 aliphatic rings. The number of fused-ring (bicyclic) bond motifs is 1. The Morgan fingerprint density at radius 2 is 1.86 bits per heavy atom. The van der Waals surface area contributed by atoms with Crippen molar-refractivity contribution in [3.8, 4) is 0 Å². The first-order valence-electron chi connectivity index (χ1n) is 11.0. The molecule has 8 nitrogen and oxygen atoms in total. The van der Waals surface area contributed by atoms with Crippen LogP contribution in [0.15, 0.2) is 0 Å². The van der Waals surface area contributed by atoms with E-state index >= 15 is 0 Å². The van der Waals surface area contributed by atoms with E-state index in [2.05, 4.69) is 17.6 Å². The molecule has 3 N–H and O–H groups in total. The third-order valence-electron chi connectivity index (χ3n) is 6.74. The van der Waals surface area contributed by atoms with Gasteiger partial charge in [0.05, 0.1) is 17.4 Å². The molecule has 3 amide bonds. The molecule has 0 aromatic heterocycles. The maximum absolute atomic E-state index is 13.5. The van der Waals surface area contributed by atoms with Crippen LogP contribution in [0, 0.1) is 11.8 Å². The second-order valence-electron chi connectivity index (χ2n) is 8.77. The van der Waals surface area contributed by atoms with Crippen molar-refractivity contribution in [2.24, 2.45) is 11.8 Å². The summed E-state index contributed by atoms with van der Waals surface area (Å²) in [5.41, 5.74) is -1.70. The second-order valence-corrected chi connectivity index (χ2v) is 8.77. The zero-order valence-corrected chi connectivity index (χ0v) is 17.8. The number of nitrogens with zero attached hydrogens (tertiary/aromatic N) is 1. The Kier molecular flexibility index (Phi) is 6.53. The van der Waals surface area contributed by atoms with Gasteiger partial charge in [-0.25, -0.2) is 0 Å². The summed E-state index contributed by atoms with van der Waals surface area (Å²) in [5.74, 6) is -1.83. The summed E-state index contributed by atoms with van der Waals surface area (Å²) in [6.45, 7) is 7.24. The van der Waals surface area contributed by atoms with Gasteiger partial charge in [0.25, 0.3) is 0 Å². The summed E-state index contributed by atoms with van der Waals surface area (Å²) in [6, 6.07) is -0.755. The Morgan fingerprint density at radius 3 is 2.52 bits per heavy atom. The molecule has 3 saturated heterocycles. The number of aliphatic hydroxyl groups excluding tert-OH is 1. The van der Waals surface area contributed by atoms with E-state index in [1.54, 1.807) is 4.90 Å². The van der Waals surface area contributed by atoms with Crippen molar-refractivity contribution in [3.63, 3.8) is 0 Å². The Bertz CT molecular complexity index is 656. The molecule has 2 bridgehead atoms. The molecule has 3 rings (SSSR count). The molecule has 8 heteroatoms. The van der Waals surface area contributed by atoms with Crippen molar-refractivity contribution >= 4 is 17.7 Å². The molecule has 29 heavy (non-hydrogen) atoms. The van der Waals surface area contributed by atoms with Crippen LogP contribution in [0.4, 0.5) is 0 Å². The highest BCUT2D eigenvalue weighted by Gasteiger charge is 2.77. The molecule has 0 aliphatic carbocycles. The first-order chi connectivity index (χ1) is 13.9. The van der Waals surface area contributed by atoms with Gasteiger partial charge in [-0.05, 0) is 39.0 Å². The van der Waals surface area contributed by atoms with Crippen molar-refractivity contribution in [2.75, 3.05) is 26.2 Å². The van der Waals surface area contributed by atoms with Gasteiger partial charge in [-0.2, -0.15) is 0 Å². The molecule has 5 atom stereocenters. The van der Waals surface area contributed by atoms with Crippen LogP contribution < -0.4 is 10.6 Å². The lowest BCUT2D eigenvalue weighted by Gasteiger charge is -2.33. The van der Waals surface area contributed by atoms with Gasteiger partial charge in [0.1, 0.15) is 11.6 Å². The van der Waals surface area contributed by atoms with Crippen LogP contribution in [0.5, 0.6) is 0 Å². The SMILES string of the molecule is CCCCNC(=O)C1N(CCCO)C(=O)[C@@H]2[C@@H](C(=O)NCCC)[C@@]3(C)CCC12O3. The van der Waals surface area contributed by atoms with Crippen molar-refractivity contribution in [2.45, 2.75) is 76.5 Å². The molecule has 2 unspecified atom stereocenters. The lowest BCUT2D eigenvalue weighted by Crippen LogP contribution is -2.55. The Morgan fingerprint density at radius 1 is 1.14 bits per heavy atom. The smallest absolute Gasteiger partial charge is 0.245 e. The minimum atomic E-state index is -0.966. The first-order valence-corrected chi connectivity index (χ1v) is 11.0. The Hall–Kier alpha value is -1.67. The maximum Gasteiger partial charge on any atom is 0.245 e. The van der Waals surface area contributed by atoms with Gasteiger partial charge < -0.3 is 25.4 Å². The van der Waals surface area contributed by atoms with E-state index in [9.17, 15) is 19.5 Å². The lowest BCUT2D eigenvalue weighted by molar-refractivity contribution is -0.146. The fraction of sp³-hybridized carbons (Fsp3) is 0.857. The Labute approximate surface area is 172 Å². The highest BCUT2D eigenvalue weighted by molar-refractivity contribution is 5.99. The number of carbonyl (C=O) groups excluding carboxylic acids is 3. The van der Waals surface area contributed by atoms with E-state index < -0.39 is 29.1 Å². The minimum Gasteiger partial charge on any atom is -0.396 e. The predicted molar refractivity (Wildman–Crippen MR) is 107 cm³/mol. The number of nitrogens with one attached hydrogen (secondary N) is 2. The van der Waals surface area contributed by atoms with Crippen LogP contribution in [0.25, 0.3) is 0 Å². The molecule has 1 spiro atoms. The van der Waals surface area contributed by atoms with E-state index in [1.807, 2.05) is 13.8 Å². The summed E-state index contributed by atoms with van der Waals surface area (Å²) in [4.78, 5) is 41.2. The van der Waals surface area contributed by atoms with Crippen molar-refractivity contribution < 1.29 is 24.2 Å². The van der Waals surface area contributed by atoms with Crippen LogP contribution in [-0.2, 0) is 19.1 Å². The summed E-state index contributed by atoms with van der Waals surface area (Å²) in [6.07, 6.45) is 4.24. The predicted octanol–water partition coefficient (Wildman–Crippen LogP) is 0.576. The minimum absolute atomic E-state index is 0.0649. The molecule has 0 aromatic carbocycles. The molecule has 0 aromatic rings. The van der Waals surface area contributed by atoms with E-state index in [0.29, 0.717) is 32.4 Å². The first kappa shape index (κ1) is 22.0. The van der Waals surface area contributed by atoms with Gasteiger partial charge in [0, 0.05) is 26.2 Å². The van der Waals surface area contributed by atoms with Gasteiger partial charge in [-0.1, -0.05) is 20.3 Å². The fourth-order valence-corrected chi connectivity index (χ4v) is 5.45. The fourth-order valence-electron chi connectivity index (χ4n) is 5.45.